The number of ether oxygens (including phenoxy) is 2. The Hall–Kier alpha value is -2.24. The first-order valence-corrected chi connectivity index (χ1v) is 16.2. The Morgan fingerprint density at radius 3 is 1.70 bits per heavy atom. The van der Waals surface area contributed by atoms with Crippen molar-refractivity contribution in [3.05, 3.63) is 65.7 Å². The number of esters is 1. The normalized spacial score (nSPS) is 13.4. The van der Waals surface area contributed by atoms with Gasteiger partial charge >= 0.3 is 43.7 Å². The second-order valence-corrected chi connectivity index (χ2v) is 14.0. The molecule has 0 saturated carbocycles. The summed E-state index contributed by atoms with van der Waals surface area (Å²) in [5, 5.41) is 21.6. The Morgan fingerprint density at radius 1 is 0.795 bits per heavy atom. The maximum Gasteiger partial charge on any atom is 2.00 e. The van der Waals surface area contributed by atoms with E-state index in [-0.39, 0.29) is 55.2 Å². The van der Waals surface area contributed by atoms with Gasteiger partial charge in [0.25, 0.3) is 0 Å². The van der Waals surface area contributed by atoms with Gasteiger partial charge in [-0.1, -0.05) is 83.0 Å². The minimum absolute atomic E-state index is 0. The SMILES string of the molecule is CC(C)(CCCCOCCCCC(C)(C)C(=O)[O-])C(=O)[O-].CS(=O)(=O)c1ccc(C2=C(c3ccccc3)C(=O)OC2)cc1.[Ca+2]. The Balaban J connectivity index is 0.000000431. The molecule has 0 radical (unpaired) electrons. The average Bonchev–Trinajstić information content (AvgIpc) is 3.33. The molecule has 0 aromatic heterocycles. The number of benzene rings is 2. The maximum atomic E-state index is 12.0. The van der Waals surface area contributed by atoms with Gasteiger partial charge in [-0.3, -0.25) is 0 Å². The van der Waals surface area contributed by atoms with Crippen molar-refractivity contribution in [1.82, 2.24) is 0 Å². The number of carbonyl (C=O) groups is 3. The Labute approximate surface area is 291 Å². The molecule has 0 N–H and O–H groups in total. The first-order valence-electron chi connectivity index (χ1n) is 14.3. The molecule has 0 saturated heterocycles. The van der Waals surface area contributed by atoms with Crippen LogP contribution in [0.4, 0.5) is 0 Å². The quantitative estimate of drug-likeness (QED) is 0.160. The number of unbranched alkanes of at least 4 members (excludes halogenated alkanes) is 2. The van der Waals surface area contributed by atoms with Gasteiger partial charge in [-0.25, -0.2) is 13.2 Å². The molecule has 0 bridgehead atoms. The van der Waals surface area contributed by atoms with Crippen molar-refractivity contribution in [2.75, 3.05) is 26.1 Å². The van der Waals surface area contributed by atoms with E-state index in [1.165, 1.54) is 6.26 Å². The van der Waals surface area contributed by atoms with Gasteiger partial charge < -0.3 is 29.3 Å². The predicted molar refractivity (Wildman–Crippen MR) is 166 cm³/mol. The largest absolute Gasteiger partial charge is 2.00 e. The molecule has 1 heterocycles. The molecule has 2 aromatic rings. The molecule has 0 unspecified atom stereocenters. The zero-order chi connectivity index (χ0) is 32.3. The molecule has 0 amide bonds. The summed E-state index contributed by atoms with van der Waals surface area (Å²) in [7, 11) is -3.23. The molecule has 0 fully saturated rings. The minimum atomic E-state index is -3.23. The zero-order valence-electron chi connectivity index (χ0n) is 26.3. The molecule has 1 aliphatic rings. The van der Waals surface area contributed by atoms with Gasteiger partial charge in [-0.2, -0.15) is 0 Å². The number of hydrogen-bond acceptors (Lipinski definition) is 9. The van der Waals surface area contributed by atoms with Crippen LogP contribution in [0, 0.1) is 10.8 Å². The molecule has 0 aliphatic carbocycles. The molecule has 44 heavy (non-hydrogen) atoms. The summed E-state index contributed by atoms with van der Waals surface area (Å²) in [6.45, 7) is 8.08. The topological polar surface area (TPSA) is 150 Å². The fraction of sp³-hybridized carbons (Fsp3) is 0.485. The van der Waals surface area contributed by atoms with Crippen molar-refractivity contribution in [1.29, 1.82) is 0 Å². The van der Waals surface area contributed by atoms with Crippen LogP contribution in [0.5, 0.6) is 0 Å². The van der Waals surface area contributed by atoms with Gasteiger partial charge in [-0.05, 0) is 48.9 Å². The third-order valence-corrected chi connectivity index (χ3v) is 8.46. The molecule has 11 heteroatoms. The van der Waals surface area contributed by atoms with Gasteiger partial charge in [0.05, 0.1) is 10.5 Å². The second kappa shape index (κ2) is 18.0. The van der Waals surface area contributed by atoms with Gasteiger partial charge in [-0.15, -0.1) is 0 Å². The summed E-state index contributed by atoms with van der Waals surface area (Å²) < 4.78 is 33.6. The number of carboxylic acid groups (broad SMARTS) is 2. The summed E-state index contributed by atoms with van der Waals surface area (Å²) in [6, 6.07) is 15.8. The van der Waals surface area contributed by atoms with E-state index in [0.29, 0.717) is 31.6 Å². The van der Waals surface area contributed by atoms with Crippen LogP contribution in [0.25, 0.3) is 11.1 Å². The van der Waals surface area contributed by atoms with Crippen LogP contribution in [0.15, 0.2) is 59.5 Å². The van der Waals surface area contributed by atoms with E-state index in [9.17, 15) is 33.0 Å². The van der Waals surface area contributed by atoms with Crippen molar-refractivity contribution >= 4 is 76.6 Å². The standard InChI is InChI=1S/C17H14O4S.C16H30O5.Ca/c1-22(19,20)14-9-7-12(8-10-14)15-11-21-17(18)16(15)13-5-3-2-4-6-13;1-15(2,13(17)18)9-5-7-11-21-12-8-6-10-16(3,4)14(19)20;/h2-10H,11H2,1H3;5-12H2,1-4H3,(H,17,18)(H,19,20);/q;;+2/p-2. The van der Waals surface area contributed by atoms with Crippen LogP contribution >= 0.6 is 0 Å². The second-order valence-electron chi connectivity index (χ2n) is 12.0. The van der Waals surface area contributed by atoms with E-state index >= 15 is 0 Å². The average molecular weight is 655 g/mol. The van der Waals surface area contributed by atoms with Crippen molar-refractivity contribution < 1.29 is 42.5 Å². The molecule has 1 aliphatic heterocycles. The van der Waals surface area contributed by atoms with Crippen molar-refractivity contribution in [2.24, 2.45) is 10.8 Å². The summed E-state index contributed by atoms with van der Waals surface area (Å²) in [6.07, 6.45) is 5.55. The monoisotopic (exact) mass is 654 g/mol. The van der Waals surface area contributed by atoms with E-state index < -0.39 is 32.6 Å². The molecule has 0 atom stereocenters. The number of cyclic esters (lactones) is 1. The molecule has 2 aromatic carbocycles. The predicted octanol–water partition coefficient (Wildman–Crippen LogP) is 3.07. The Bertz CT molecular complexity index is 1350. The molecule has 9 nitrogen and oxygen atoms in total. The fourth-order valence-electron chi connectivity index (χ4n) is 4.28. The van der Waals surface area contributed by atoms with Crippen LogP contribution < -0.4 is 10.2 Å². The summed E-state index contributed by atoms with van der Waals surface area (Å²) in [5.41, 5.74) is 1.33. The molecule has 0 spiro atoms. The van der Waals surface area contributed by atoms with Gasteiger partial charge in [0.1, 0.15) is 6.61 Å². The zero-order valence-corrected chi connectivity index (χ0v) is 29.4. The van der Waals surface area contributed by atoms with E-state index in [1.54, 1.807) is 52.0 Å². The van der Waals surface area contributed by atoms with Crippen molar-refractivity contribution in [2.45, 2.75) is 71.1 Å². The fourth-order valence-corrected chi connectivity index (χ4v) is 4.91. The first kappa shape index (κ1) is 39.8. The Morgan fingerprint density at radius 2 is 1.27 bits per heavy atom. The third kappa shape index (κ3) is 12.6. The van der Waals surface area contributed by atoms with E-state index in [1.807, 2.05) is 30.3 Å². The van der Waals surface area contributed by atoms with E-state index in [2.05, 4.69) is 0 Å². The number of hydrogen-bond donors (Lipinski definition) is 0. The molecule has 236 valence electrons. The summed E-state index contributed by atoms with van der Waals surface area (Å²) in [5.74, 6) is -2.38. The van der Waals surface area contributed by atoms with Crippen molar-refractivity contribution in [3.8, 4) is 0 Å². The van der Waals surface area contributed by atoms with E-state index in [4.69, 9.17) is 9.47 Å². The Kier molecular flexibility index (Phi) is 16.3. The maximum absolute atomic E-state index is 12.0. The van der Waals surface area contributed by atoms with E-state index in [0.717, 1.165) is 42.4 Å². The molecular weight excluding hydrogens is 612 g/mol. The number of carbonyl (C=O) groups excluding carboxylic acids is 3. The smallest absolute Gasteiger partial charge is 0.550 e. The first-order chi connectivity index (χ1) is 20.1. The molecular formula is C33H42CaO9S. The number of sulfone groups is 1. The molecule has 3 rings (SSSR count). The summed E-state index contributed by atoms with van der Waals surface area (Å²) in [4.78, 5) is 33.9. The van der Waals surface area contributed by atoms with Crippen LogP contribution in [0.2, 0.25) is 0 Å². The van der Waals surface area contributed by atoms with Crippen LogP contribution in [0.3, 0.4) is 0 Å². The van der Waals surface area contributed by atoms with Crippen LogP contribution in [-0.2, 0) is 33.7 Å². The van der Waals surface area contributed by atoms with Gasteiger partial charge in [0.2, 0.25) is 0 Å². The van der Waals surface area contributed by atoms with Crippen LogP contribution in [0.1, 0.15) is 77.3 Å². The third-order valence-electron chi connectivity index (χ3n) is 7.33. The number of rotatable bonds is 15. The van der Waals surface area contributed by atoms with Gasteiger partial charge in [0, 0.05) is 47.8 Å². The number of aliphatic carboxylic acids is 2. The summed E-state index contributed by atoms with van der Waals surface area (Å²) >= 11 is 0. The van der Waals surface area contributed by atoms with Crippen molar-refractivity contribution in [3.63, 3.8) is 0 Å². The van der Waals surface area contributed by atoms with Crippen LogP contribution in [-0.4, -0.2) is 90.1 Å². The minimum Gasteiger partial charge on any atom is -0.550 e. The number of carboxylic acids is 2. The van der Waals surface area contributed by atoms with Gasteiger partial charge in [0.15, 0.2) is 9.84 Å².